The smallest absolute Gasteiger partial charge is 0.315 e. The molecule has 0 aliphatic heterocycles. The van der Waals surface area contributed by atoms with Gasteiger partial charge < -0.3 is 14.8 Å². The zero-order chi connectivity index (χ0) is 21.7. The summed E-state index contributed by atoms with van der Waals surface area (Å²) < 4.78 is 11.9. The predicted molar refractivity (Wildman–Crippen MR) is 115 cm³/mol. The van der Waals surface area contributed by atoms with E-state index in [4.69, 9.17) is 32.7 Å². The summed E-state index contributed by atoms with van der Waals surface area (Å²) in [6.07, 6.45) is 3.17. The second-order valence-electron chi connectivity index (χ2n) is 6.34. The number of halogens is 2. The Labute approximate surface area is 184 Å². The van der Waals surface area contributed by atoms with Gasteiger partial charge in [0.25, 0.3) is 0 Å². The minimum atomic E-state index is -0.604. The molecule has 8 nitrogen and oxygen atoms in total. The van der Waals surface area contributed by atoms with Gasteiger partial charge in [-0.05, 0) is 31.5 Å². The lowest BCUT2D eigenvalue weighted by atomic mass is 10.0. The minimum Gasteiger partial charge on any atom is -0.481 e. The van der Waals surface area contributed by atoms with Gasteiger partial charge in [0.15, 0.2) is 0 Å². The van der Waals surface area contributed by atoms with E-state index in [1.165, 1.54) is 7.11 Å². The first-order valence-electron chi connectivity index (χ1n) is 9.21. The first kappa shape index (κ1) is 21.9. The fourth-order valence-electron chi connectivity index (χ4n) is 2.83. The van der Waals surface area contributed by atoms with E-state index in [9.17, 15) is 4.79 Å². The molecular formula is C20H21Cl2N5O3. The number of aromatic nitrogens is 4. The normalized spacial score (nSPS) is 11.8. The van der Waals surface area contributed by atoms with Crippen molar-refractivity contribution >= 4 is 34.9 Å². The predicted octanol–water partition coefficient (Wildman–Crippen LogP) is 4.04. The molecule has 10 heteroatoms. The Morgan fingerprint density at radius 1 is 1.23 bits per heavy atom. The van der Waals surface area contributed by atoms with Gasteiger partial charge in [-0.2, -0.15) is 5.10 Å². The van der Waals surface area contributed by atoms with Crippen molar-refractivity contribution in [2.24, 2.45) is 0 Å². The Morgan fingerprint density at radius 3 is 2.50 bits per heavy atom. The molecule has 2 heterocycles. The number of hydrogen-bond donors (Lipinski definition) is 1. The highest BCUT2D eigenvalue weighted by Crippen LogP contribution is 2.34. The Balaban J connectivity index is 1.82. The molecule has 3 aromatic rings. The van der Waals surface area contributed by atoms with Gasteiger partial charge in [-0.15, -0.1) is 0 Å². The number of methoxy groups -OCH3 is 1. The third-order valence-electron chi connectivity index (χ3n) is 4.32. The van der Waals surface area contributed by atoms with Gasteiger partial charge >= 0.3 is 5.97 Å². The number of pyridine rings is 1. The van der Waals surface area contributed by atoms with Crippen LogP contribution in [0.3, 0.4) is 0 Å². The topological polar surface area (TPSA) is 91.2 Å². The Bertz CT molecular complexity index is 1000. The standard InChI is InChI=1S/C20H21Cl2N5O3/c1-4-30-20(28)15(13-5-6-18(29-3)23-9-13)10-24-19-16(21)7-14(8-17(19)22)27-11-25-12(2)26-27/h5-9,11,15,24H,4,10H2,1-3H3. The summed E-state index contributed by atoms with van der Waals surface area (Å²) >= 11 is 12.9. The molecule has 1 atom stereocenters. The van der Waals surface area contributed by atoms with Crippen molar-refractivity contribution in [2.45, 2.75) is 19.8 Å². The molecule has 0 saturated carbocycles. The quantitative estimate of drug-likeness (QED) is 0.518. The van der Waals surface area contributed by atoms with Gasteiger partial charge in [0.05, 0.1) is 35.1 Å². The number of esters is 1. The number of nitrogens with one attached hydrogen (secondary N) is 1. The lowest BCUT2D eigenvalue weighted by Gasteiger charge is -2.19. The summed E-state index contributed by atoms with van der Waals surface area (Å²) in [6.45, 7) is 4.03. The number of carbonyl (C=O) groups excluding carboxylic acids is 1. The average Bonchev–Trinajstić information content (AvgIpc) is 3.16. The summed E-state index contributed by atoms with van der Waals surface area (Å²) in [5.74, 6) is 0.112. The zero-order valence-corrected chi connectivity index (χ0v) is 18.2. The molecule has 1 unspecified atom stereocenters. The molecule has 0 radical (unpaired) electrons. The summed E-state index contributed by atoms with van der Waals surface area (Å²) in [6, 6.07) is 6.90. The van der Waals surface area contributed by atoms with E-state index in [1.54, 1.807) is 55.3 Å². The van der Waals surface area contributed by atoms with Crippen molar-refractivity contribution in [1.29, 1.82) is 0 Å². The van der Waals surface area contributed by atoms with Crippen LogP contribution in [0.15, 0.2) is 36.8 Å². The van der Waals surface area contributed by atoms with E-state index >= 15 is 0 Å². The van der Waals surface area contributed by atoms with Crippen LogP contribution >= 0.6 is 23.2 Å². The summed E-state index contributed by atoms with van der Waals surface area (Å²) in [4.78, 5) is 20.8. The number of aryl methyl sites for hydroxylation is 1. The molecule has 0 fully saturated rings. The molecule has 0 saturated heterocycles. The number of carbonyl (C=O) groups is 1. The summed E-state index contributed by atoms with van der Waals surface area (Å²) in [7, 11) is 1.53. The third-order valence-corrected chi connectivity index (χ3v) is 4.92. The van der Waals surface area contributed by atoms with Crippen molar-refractivity contribution in [3.05, 3.63) is 58.2 Å². The van der Waals surface area contributed by atoms with Gasteiger partial charge in [0.1, 0.15) is 18.1 Å². The summed E-state index contributed by atoms with van der Waals surface area (Å²) in [5.41, 5.74) is 1.87. The molecule has 30 heavy (non-hydrogen) atoms. The Morgan fingerprint density at radius 2 is 1.97 bits per heavy atom. The van der Waals surface area contributed by atoms with E-state index < -0.39 is 5.92 Å². The average molecular weight is 450 g/mol. The highest BCUT2D eigenvalue weighted by molar-refractivity contribution is 6.39. The fraction of sp³-hybridized carbons (Fsp3) is 0.300. The lowest BCUT2D eigenvalue weighted by Crippen LogP contribution is -2.24. The fourth-order valence-corrected chi connectivity index (χ4v) is 3.44. The second kappa shape index (κ2) is 9.77. The SMILES string of the molecule is CCOC(=O)C(CNc1c(Cl)cc(-n2cnc(C)n2)cc1Cl)c1ccc(OC)nc1. The van der Waals surface area contributed by atoms with Crippen LogP contribution in [0.1, 0.15) is 24.2 Å². The maximum absolute atomic E-state index is 12.5. The molecule has 0 amide bonds. The number of benzene rings is 1. The maximum atomic E-state index is 12.5. The first-order chi connectivity index (χ1) is 14.4. The van der Waals surface area contributed by atoms with Crippen molar-refractivity contribution < 1.29 is 14.3 Å². The second-order valence-corrected chi connectivity index (χ2v) is 7.15. The molecule has 0 bridgehead atoms. The largest absolute Gasteiger partial charge is 0.481 e. The molecular weight excluding hydrogens is 429 g/mol. The van der Waals surface area contributed by atoms with Gasteiger partial charge in [-0.1, -0.05) is 29.3 Å². The summed E-state index contributed by atoms with van der Waals surface area (Å²) in [5, 5.41) is 8.20. The number of nitrogens with zero attached hydrogens (tertiary/aromatic N) is 4. The Hall–Kier alpha value is -2.84. The monoisotopic (exact) mass is 449 g/mol. The van der Waals surface area contributed by atoms with E-state index in [2.05, 4.69) is 20.4 Å². The van der Waals surface area contributed by atoms with Crippen LogP contribution in [0.5, 0.6) is 5.88 Å². The minimum absolute atomic E-state index is 0.216. The molecule has 2 aromatic heterocycles. The van der Waals surface area contributed by atoms with Gasteiger partial charge in [0, 0.05) is 18.8 Å². The third kappa shape index (κ3) is 5.01. The molecule has 0 aliphatic rings. The molecule has 0 spiro atoms. The van der Waals surface area contributed by atoms with E-state index in [-0.39, 0.29) is 19.1 Å². The van der Waals surface area contributed by atoms with Crippen molar-refractivity contribution in [3.63, 3.8) is 0 Å². The van der Waals surface area contributed by atoms with Crippen LogP contribution in [0, 0.1) is 6.92 Å². The van der Waals surface area contributed by atoms with Gasteiger partial charge in [-0.3, -0.25) is 4.79 Å². The van der Waals surface area contributed by atoms with Crippen LogP contribution in [-0.2, 0) is 9.53 Å². The van der Waals surface area contributed by atoms with Crippen molar-refractivity contribution in [1.82, 2.24) is 19.7 Å². The lowest BCUT2D eigenvalue weighted by molar-refractivity contribution is -0.144. The highest BCUT2D eigenvalue weighted by atomic mass is 35.5. The van der Waals surface area contributed by atoms with Gasteiger partial charge in [0.2, 0.25) is 5.88 Å². The van der Waals surface area contributed by atoms with Crippen molar-refractivity contribution in [2.75, 3.05) is 25.6 Å². The van der Waals surface area contributed by atoms with Crippen LogP contribution in [0.4, 0.5) is 5.69 Å². The highest BCUT2D eigenvalue weighted by Gasteiger charge is 2.23. The van der Waals surface area contributed by atoms with E-state index in [0.29, 0.717) is 38.7 Å². The molecule has 0 aliphatic carbocycles. The number of anilines is 1. The molecule has 158 valence electrons. The first-order valence-corrected chi connectivity index (χ1v) is 9.96. The van der Waals surface area contributed by atoms with Gasteiger partial charge in [-0.25, -0.2) is 14.6 Å². The maximum Gasteiger partial charge on any atom is 0.315 e. The zero-order valence-electron chi connectivity index (χ0n) is 16.7. The molecule has 1 N–H and O–H groups in total. The van der Waals surface area contributed by atoms with E-state index in [0.717, 1.165) is 0 Å². The van der Waals surface area contributed by atoms with Crippen LogP contribution in [0.25, 0.3) is 5.69 Å². The molecule has 3 rings (SSSR count). The van der Waals surface area contributed by atoms with Crippen molar-refractivity contribution in [3.8, 4) is 11.6 Å². The van der Waals surface area contributed by atoms with Crippen LogP contribution < -0.4 is 10.1 Å². The number of ether oxygens (including phenoxy) is 2. The Kier molecular flexibility index (Phi) is 7.12. The van der Waals surface area contributed by atoms with Crippen LogP contribution in [0.2, 0.25) is 10.0 Å². The number of rotatable bonds is 8. The van der Waals surface area contributed by atoms with E-state index in [1.807, 2.05) is 0 Å². The molecule has 1 aromatic carbocycles. The number of hydrogen-bond acceptors (Lipinski definition) is 7. The van der Waals surface area contributed by atoms with Crippen LogP contribution in [-0.4, -0.2) is 46.0 Å².